The molecule has 0 N–H and O–H groups in total. The Morgan fingerprint density at radius 2 is 1.57 bits per heavy atom. The van der Waals surface area contributed by atoms with Crippen LogP contribution in [0.5, 0.6) is 0 Å². The Morgan fingerprint density at radius 3 is 2.29 bits per heavy atom. The summed E-state index contributed by atoms with van der Waals surface area (Å²) in [4.78, 5) is 22.5. The second kappa shape index (κ2) is 13.5. The van der Waals surface area contributed by atoms with E-state index in [0.717, 1.165) is 35.3 Å². The number of amides is 1. The van der Waals surface area contributed by atoms with Gasteiger partial charge in [0.05, 0.1) is 43.9 Å². The van der Waals surface area contributed by atoms with Crippen LogP contribution in [0.15, 0.2) is 90.2 Å². The lowest BCUT2D eigenvalue weighted by Gasteiger charge is -2.30. The zero-order valence-corrected chi connectivity index (χ0v) is 25.1. The Morgan fingerprint density at radius 1 is 0.905 bits per heavy atom. The summed E-state index contributed by atoms with van der Waals surface area (Å²) in [5.41, 5.74) is 4.83. The number of imidazole rings is 1. The number of sulfone groups is 1. The molecule has 1 amide bonds. The van der Waals surface area contributed by atoms with E-state index in [-0.39, 0.29) is 23.4 Å². The monoisotopic (exact) mass is 586 g/mol. The summed E-state index contributed by atoms with van der Waals surface area (Å²) >= 11 is 0. The molecule has 8 nitrogen and oxygen atoms in total. The highest BCUT2D eigenvalue weighted by Gasteiger charge is 2.27. The van der Waals surface area contributed by atoms with Crippen molar-refractivity contribution in [3.05, 3.63) is 119 Å². The first-order chi connectivity index (χ1) is 20.3. The smallest absolute Gasteiger partial charge is 0.254 e. The predicted octanol–water partition coefficient (Wildman–Crippen LogP) is 4.50. The molecule has 0 unspecified atom stereocenters. The van der Waals surface area contributed by atoms with Gasteiger partial charge in [0.2, 0.25) is 15.0 Å². The average molecular weight is 587 g/mol. The first-order valence-electron chi connectivity index (χ1n) is 14.3. The fraction of sp³-hybridized carbons (Fsp3) is 0.333. The van der Waals surface area contributed by atoms with Crippen molar-refractivity contribution in [1.29, 1.82) is 0 Å². The van der Waals surface area contributed by atoms with E-state index in [4.69, 9.17) is 4.74 Å². The van der Waals surface area contributed by atoms with Crippen LogP contribution in [0.1, 0.15) is 38.3 Å². The van der Waals surface area contributed by atoms with E-state index in [0.29, 0.717) is 44.1 Å². The van der Waals surface area contributed by atoms with Crippen molar-refractivity contribution in [3.8, 4) is 0 Å². The molecular weight excluding hydrogens is 548 g/mol. The molecule has 0 spiro atoms. The van der Waals surface area contributed by atoms with Crippen LogP contribution < -0.4 is 0 Å². The van der Waals surface area contributed by atoms with Crippen molar-refractivity contribution in [2.45, 2.75) is 37.8 Å². The van der Waals surface area contributed by atoms with Crippen LogP contribution in [-0.2, 0) is 33.4 Å². The minimum absolute atomic E-state index is 0.0149. The van der Waals surface area contributed by atoms with Crippen molar-refractivity contribution >= 4 is 15.7 Å². The van der Waals surface area contributed by atoms with Gasteiger partial charge in [-0.2, -0.15) is 0 Å². The van der Waals surface area contributed by atoms with E-state index in [1.165, 1.54) is 0 Å². The van der Waals surface area contributed by atoms with Crippen molar-refractivity contribution < 1.29 is 17.9 Å². The van der Waals surface area contributed by atoms with Crippen LogP contribution in [0.25, 0.3) is 0 Å². The van der Waals surface area contributed by atoms with E-state index < -0.39 is 9.84 Å². The number of hydrogen-bond donors (Lipinski definition) is 0. The van der Waals surface area contributed by atoms with E-state index in [9.17, 15) is 13.2 Å². The molecule has 4 aromatic rings. The molecule has 1 aliphatic heterocycles. The number of aromatic nitrogens is 2. The zero-order chi connectivity index (χ0) is 29.5. The normalized spacial score (nSPS) is 14.1. The number of carbonyl (C=O) groups excluding carboxylic acids is 1. The first-order valence-corrected chi connectivity index (χ1v) is 16.0. The fourth-order valence-corrected chi connectivity index (χ4v) is 6.85. The summed E-state index contributed by atoms with van der Waals surface area (Å²) in [7, 11) is -3.78. The van der Waals surface area contributed by atoms with Crippen LogP contribution in [0.2, 0.25) is 0 Å². The third-order valence-corrected chi connectivity index (χ3v) is 9.35. The highest BCUT2D eigenvalue weighted by molar-refractivity contribution is 7.90. The number of ether oxygens (including phenoxy) is 1. The first kappa shape index (κ1) is 29.7. The number of hydrogen-bond acceptors (Lipinski definition) is 6. The molecule has 220 valence electrons. The number of rotatable bonds is 11. The molecule has 9 heteroatoms. The van der Waals surface area contributed by atoms with Gasteiger partial charge in [-0.15, -0.1) is 0 Å². The maximum absolute atomic E-state index is 13.9. The van der Waals surface area contributed by atoms with Gasteiger partial charge in [-0.25, -0.2) is 13.4 Å². The molecule has 1 fully saturated rings. The zero-order valence-electron chi connectivity index (χ0n) is 24.3. The van der Waals surface area contributed by atoms with Crippen LogP contribution in [0.3, 0.4) is 0 Å². The molecular formula is C33H38N4O4S. The molecule has 3 aromatic carbocycles. The molecule has 1 aromatic heterocycles. The fourth-order valence-electron chi connectivity index (χ4n) is 5.26. The van der Waals surface area contributed by atoms with Gasteiger partial charge in [0.25, 0.3) is 5.91 Å². The van der Waals surface area contributed by atoms with E-state index >= 15 is 0 Å². The predicted molar refractivity (Wildman–Crippen MR) is 163 cm³/mol. The minimum Gasteiger partial charge on any atom is -0.379 e. The lowest BCUT2D eigenvalue weighted by molar-refractivity contribution is 0.0319. The summed E-state index contributed by atoms with van der Waals surface area (Å²) in [6.45, 7) is 8.60. The Labute approximate surface area is 248 Å². The quantitative estimate of drug-likeness (QED) is 0.257. The lowest BCUT2D eigenvalue weighted by atomic mass is 10.1. The van der Waals surface area contributed by atoms with Gasteiger partial charge in [-0.3, -0.25) is 9.69 Å². The van der Waals surface area contributed by atoms with Crippen molar-refractivity contribution in [3.63, 3.8) is 0 Å². The second-order valence-corrected chi connectivity index (χ2v) is 12.7. The number of nitrogens with zero attached hydrogens (tertiary/aromatic N) is 4. The molecule has 5 rings (SSSR count). The standard InChI is InChI=1S/C33H38N4O4S/c1-26-10-6-8-14-29(26)25-42(39,40)33-34-22-30(37(33)23-28-12-4-3-5-13-28)24-36(17-16-35-18-20-41-21-19-35)32(38)31-15-9-7-11-27(31)2/h3-15,22H,16-21,23-25H2,1-2H3. The Bertz CT molecular complexity index is 1610. The highest BCUT2D eigenvalue weighted by Crippen LogP contribution is 2.23. The molecule has 0 saturated carbocycles. The van der Waals surface area contributed by atoms with Crippen molar-refractivity contribution in [2.75, 3.05) is 39.4 Å². The third-order valence-electron chi connectivity index (χ3n) is 7.78. The highest BCUT2D eigenvalue weighted by atomic mass is 32.2. The summed E-state index contributed by atoms with van der Waals surface area (Å²) in [5.74, 6) is -0.230. The average Bonchev–Trinajstić information content (AvgIpc) is 3.40. The summed E-state index contributed by atoms with van der Waals surface area (Å²) in [6, 6.07) is 24.8. The number of carbonyl (C=O) groups is 1. The van der Waals surface area contributed by atoms with Gasteiger partial charge < -0.3 is 14.2 Å². The maximum Gasteiger partial charge on any atom is 0.254 e. The van der Waals surface area contributed by atoms with Crippen molar-refractivity contribution in [1.82, 2.24) is 19.4 Å². The van der Waals surface area contributed by atoms with Crippen LogP contribution in [0.4, 0.5) is 0 Å². The molecule has 0 atom stereocenters. The Balaban J connectivity index is 1.50. The third kappa shape index (κ3) is 7.15. The summed E-state index contributed by atoms with van der Waals surface area (Å²) in [5, 5.41) is 0.0149. The molecule has 42 heavy (non-hydrogen) atoms. The minimum atomic E-state index is -3.78. The number of aryl methyl sites for hydroxylation is 2. The van der Waals surface area contributed by atoms with Gasteiger partial charge in [0, 0.05) is 31.7 Å². The summed E-state index contributed by atoms with van der Waals surface area (Å²) < 4.78 is 34.9. The van der Waals surface area contributed by atoms with Gasteiger partial charge in [0.1, 0.15) is 0 Å². The topological polar surface area (TPSA) is 84.7 Å². The Hall–Kier alpha value is -3.79. The van der Waals surface area contributed by atoms with Crippen LogP contribution >= 0.6 is 0 Å². The Kier molecular flexibility index (Phi) is 9.51. The van der Waals surface area contributed by atoms with Crippen molar-refractivity contribution in [2.24, 2.45) is 0 Å². The lowest BCUT2D eigenvalue weighted by Crippen LogP contribution is -2.43. The number of benzene rings is 3. The summed E-state index contributed by atoms with van der Waals surface area (Å²) in [6.07, 6.45) is 1.61. The second-order valence-electron chi connectivity index (χ2n) is 10.8. The molecule has 1 saturated heterocycles. The maximum atomic E-state index is 13.9. The molecule has 2 heterocycles. The van der Waals surface area contributed by atoms with E-state index in [1.807, 2.05) is 97.6 Å². The molecule has 0 bridgehead atoms. The molecule has 1 aliphatic rings. The van der Waals surface area contributed by atoms with Crippen LogP contribution in [0, 0.1) is 13.8 Å². The number of morpholine rings is 1. The van der Waals surface area contributed by atoms with Gasteiger partial charge >= 0.3 is 0 Å². The SMILES string of the molecule is Cc1ccccc1CS(=O)(=O)c1ncc(CN(CCN2CCOCC2)C(=O)c2ccccc2C)n1Cc1ccccc1. The van der Waals surface area contributed by atoms with Gasteiger partial charge in [-0.05, 0) is 42.2 Å². The van der Waals surface area contributed by atoms with E-state index in [2.05, 4.69) is 9.88 Å². The molecule has 0 aliphatic carbocycles. The van der Waals surface area contributed by atoms with Gasteiger partial charge in [-0.1, -0.05) is 72.8 Å². The largest absolute Gasteiger partial charge is 0.379 e. The van der Waals surface area contributed by atoms with E-state index in [1.54, 1.807) is 10.8 Å². The molecule has 0 radical (unpaired) electrons. The van der Waals surface area contributed by atoms with Crippen LogP contribution in [-0.4, -0.2) is 73.1 Å². The van der Waals surface area contributed by atoms with Gasteiger partial charge in [0.15, 0.2) is 0 Å².